The molecule has 0 aliphatic heterocycles. The van der Waals surface area contributed by atoms with E-state index in [0.29, 0.717) is 13.0 Å². The Balaban J connectivity index is 1.92. The van der Waals surface area contributed by atoms with Crippen LogP contribution in [0, 0.1) is 5.82 Å². The van der Waals surface area contributed by atoms with Gasteiger partial charge >= 0.3 is 0 Å². The molecule has 2 aromatic rings. The number of amides is 1. The van der Waals surface area contributed by atoms with Crippen LogP contribution in [0.25, 0.3) is 5.69 Å². The molecule has 0 radical (unpaired) electrons. The van der Waals surface area contributed by atoms with E-state index in [1.807, 2.05) is 6.07 Å². The highest BCUT2D eigenvalue weighted by atomic mass is 19.1. The third-order valence-corrected chi connectivity index (χ3v) is 2.83. The number of aromatic nitrogens is 2. The number of benzene rings is 1. The minimum Gasteiger partial charge on any atom is -0.354 e. The molecule has 6 heteroatoms. The number of nitrogens with two attached hydrogens (primary N) is 1. The van der Waals surface area contributed by atoms with Gasteiger partial charge in [-0.3, -0.25) is 4.79 Å². The summed E-state index contributed by atoms with van der Waals surface area (Å²) in [6.07, 6.45) is 2.42. The molecule has 3 N–H and O–H groups in total. The van der Waals surface area contributed by atoms with Crippen molar-refractivity contribution in [3.05, 3.63) is 48.0 Å². The summed E-state index contributed by atoms with van der Waals surface area (Å²) in [4.78, 5) is 11.3. The van der Waals surface area contributed by atoms with Gasteiger partial charge in [-0.2, -0.15) is 5.10 Å². The van der Waals surface area contributed by atoms with E-state index in [2.05, 4.69) is 10.4 Å². The van der Waals surface area contributed by atoms with Crippen LogP contribution < -0.4 is 11.1 Å². The normalized spacial score (nSPS) is 12.2. The maximum absolute atomic E-state index is 12.8. The molecule has 0 saturated carbocycles. The Morgan fingerprint density at radius 2 is 2.10 bits per heavy atom. The number of halogens is 1. The molecule has 20 heavy (non-hydrogen) atoms. The second kappa shape index (κ2) is 6.29. The lowest BCUT2D eigenvalue weighted by atomic mass is 10.3. The molecule has 1 aromatic carbocycles. The van der Waals surface area contributed by atoms with Gasteiger partial charge in [0.15, 0.2) is 0 Å². The second-order valence-electron chi connectivity index (χ2n) is 4.56. The molecule has 0 aliphatic rings. The molecule has 106 valence electrons. The summed E-state index contributed by atoms with van der Waals surface area (Å²) in [7, 11) is 0. The number of hydrogen-bond acceptors (Lipinski definition) is 3. The molecular formula is C14H17FN4O. The summed E-state index contributed by atoms with van der Waals surface area (Å²) in [5, 5.41) is 7.09. The molecule has 1 heterocycles. The van der Waals surface area contributed by atoms with Crippen molar-refractivity contribution in [2.24, 2.45) is 5.73 Å². The highest BCUT2D eigenvalue weighted by Gasteiger charge is 2.07. The lowest BCUT2D eigenvalue weighted by Gasteiger charge is -2.06. The monoisotopic (exact) mass is 276 g/mol. The van der Waals surface area contributed by atoms with Gasteiger partial charge in [0.2, 0.25) is 5.91 Å². The summed E-state index contributed by atoms with van der Waals surface area (Å²) < 4.78 is 14.5. The first kappa shape index (κ1) is 14.2. The fourth-order valence-electron chi connectivity index (χ4n) is 1.71. The molecular weight excluding hydrogens is 259 g/mol. The zero-order valence-electron chi connectivity index (χ0n) is 11.2. The number of hydrogen-bond donors (Lipinski definition) is 2. The lowest BCUT2D eigenvalue weighted by Crippen LogP contribution is -2.39. The van der Waals surface area contributed by atoms with Gasteiger partial charge in [0.05, 0.1) is 17.4 Å². The van der Waals surface area contributed by atoms with Crippen LogP contribution in [0.4, 0.5) is 4.39 Å². The van der Waals surface area contributed by atoms with E-state index >= 15 is 0 Å². The van der Waals surface area contributed by atoms with Gasteiger partial charge in [-0.1, -0.05) is 0 Å². The standard InChI is InChI=1S/C14H17FN4O/c1-10(16)14(20)17-8-6-12-7-9-19(18-12)13-4-2-11(15)3-5-13/h2-5,7,9-10H,6,8,16H2,1H3,(H,17,20)/t10-/m1/s1. The van der Waals surface area contributed by atoms with E-state index in [1.54, 1.807) is 29.9 Å². The van der Waals surface area contributed by atoms with Gasteiger partial charge in [-0.15, -0.1) is 0 Å². The minimum absolute atomic E-state index is 0.178. The topological polar surface area (TPSA) is 72.9 Å². The third-order valence-electron chi connectivity index (χ3n) is 2.83. The summed E-state index contributed by atoms with van der Waals surface area (Å²) in [6, 6.07) is 7.45. The predicted octanol–water partition coefficient (Wildman–Crippen LogP) is 1.02. The largest absolute Gasteiger partial charge is 0.354 e. The molecule has 2 rings (SSSR count). The smallest absolute Gasteiger partial charge is 0.236 e. The van der Waals surface area contributed by atoms with Crippen LogP contribution >= 0.6 is 0 Å². The van der Waals surface area contributed by atoms with E-state index in [1.165, 1.54) is 12.1 Å². The summed E-state index contributed by atoms with van der Waals surface area (Å²) >= 11 is 0. The molecule has 1 atom stereocenters. The Morgan fingerprint density at radius 3 is 2.75 bits per heavy atom. The molecule has 0 bridgehead atoms. The van der Waals surface area contributed by atoms with Gasteiger partial charge in [0.1, 0.15) is 5.82 Å². The summed E-state index contributed by atoms with van der Waals surface area (Å²) in [5.74, 6) is -0.456. The second-order valence-corrected chi connectivity index (χ2v) is 4.56. The van der Waals surface area contributed by atoms with Crippen LogP contribution in [0.5, 0.6) is 0 Å². The summed E-state index contributed by atoms with van der Waals surface area (Å²) in [5.41, 5.74) is 7.08. The molecule has 1 amide bonds. The quantitative estimate of drug-likeness (QED) is 0.856. The molecule has 1 aromatic heterocycles. The Kier molecular flexibility index (Phi) is 4.47. The van der Waals surface area contributed by atoms with Crippen LogP contribution in [0.15, 0.2) is 36.5 Å². The van der Waals surface area contributed by atoms with Crippen molar-refractivity contribution >= 4 is 5.91 Å². The van der Waals surface area contributed by atoms with E-state index in [-0.39, 0.29) is 11.7 Å². The number of carbonyl (C=O) groups excluding carboxylic acids is 1. The number of nitrogens with one attached hydrogen (secondary N) is 1. The Bertz CT molecular complexity index is 577. The predicted molar refractivity (Wildman–Crippen MR) is 73.9 cm³/mol. The van der Waals surface area contributed by atoms with E-state index < -0.39 is 6.04 Å². The number of carbonyl (C=O) groups is 1. The van der Waals surface area contributed by atoms with E-state index in [9.17, 15) is 9.18 Å². The fraction of sp³-hybridized carbons (Fsp3) is 0.286. The van der Waals surface area contributed by atoms with E-state index in [0.717, 1.165) is 11.4 Å². The van der Waals surface area contributed by atoms with Gasteiger partial charge in [-0.25, -0.2) is 9.07 Å². The molecule has 0 saturated heterocycles. The SMILES string of the molecule is C[C@@H](N)C(=O)NCCc1ccn(-c2ccc(F)cc2)n1. The minimum atomic E-state index is -0.508. The van der Waals surface area contributed by atoms with Crippen LogP contribution in [-0.4, -0.2) is 28.3 Å². The molecule has 0 unspecified atom stereocenters. The fourth-order valence-corrected chi connectivity index (χ4v) is 1.71. The zero-order chi connectivity index (χ0) is 14.5. The van der Waals surface area contributed by atoms with Crippen molar-refractivity contribution in [2.45, 2.75) is 19.4 Å². The van der Waals surface area contributed by atoms with Crippen molar-refractivity contribution in [2.75, 3.05) is 6.54 Å². The first-order valence-corrected chi connectivity index (χ1v) is 6.40. The van der Waals surface area contributed by atoms with Crippen molar-refractivity contribution in [3.63, 3.8) is 0 Å². The first-order chi connectivity index (χ1) is 9.56. The summed E-state index contributed by atoms with van der Waals surface area (Å²) in [6.45, 7) is 2.12. The van der Waals surface area contributed by atoms with E-state index in [4.69, 9.17) is 5.73 Å². The van der Waals surface area contributed by atoms with Crippen molar-refractivity contribution < 1.29 is 9.18 Å². The average Bonchev–Trinajstić information content (AvgIpc) is 2.88. The van der Waals surface area contributed by atoms with Crippen LogP contribution in [0.1, 0.15) is 12.6 Å². The molecule has 0 fully saturated rings. The first-order valence-electron chi connectivity index (χ1n) is 6.40. The van der Waals surface area contributed by atoms with Gasteiger partial charge in [0, 0.05) is 19.2 Å². The number of rotatable bonds is 5. The zero-order valence-corrected chi connectivity index (χ0v) is 11.2. The molecule has 0 spiro atoms. The lowest BCUT2D eigenvalue weighted by molar-refractivity contribution is -0.121. The van der Waals surface area contributed by atoms with Gasteiger partial charge in [-0.05, 0) is 37.3 Å². The van der Waals surface area contributed by atoms with Crippen LogP contribution in [-0.2, 0) is 11.2 Å². The van der Waals surface area contributed by atoms with Gasteiger partial charge < -0.3 is 11.1 Å². The Labute approximate surface area is 116 Å². The highest BCUT2D eigenvalue weighted by molar-refractivity contribution is 5.80. The highest BCUT2D eigenvalue weighted by Crippen LogP contribution is 2.09. The van der Waals surface area contributed by atoms with Crippen LogP contribution in [0.2, 0.25) is 0 Å². The van der Waals surface area contributed by atoms with Gasteiger partial charge in [0.25, 0.3) is 0 Å². The van der Waals surface area contributed by atoms with Crippen molar-refractivity contribution in [1.82, 2.24) is 15.1 Å². The van der Waals surface area contributed by atoms with Crippen molar-refractivity contribution in [3.8, 4) is 5.69 Å². The van der Waals surface area contributed by atoms with Crippen molar-refractivity contribution in [1.29, 1.82) is 0 Å². The Morgan fingerprint density at radius 1 is 1.40 bits per heavy atom. The third kappa shape index (κ3) is 3.64. The molecule has 5 nitrogen and oxygen atoms in total. The maximum atomic E-state index is 12.8. The average molecular weight is 276 g/mol. The van der Waals surface area contributed by atoms with Crippen LogP contribution in [0.3, 0.4) is 0 Å². The molecule has 0 aliphatic carbocycles. The Hall–Kier alpha value is -2.21. The maximum Gasteiger partial charge on any atom is 0.236 e. The number of nitrogens with zero attached hydrogens (tertiary/aromatic N) is 2.